The Morgan fingerprint density at radius 2 is 1.83 bits per heavy atom. The van der Waals surface area contributed by atoms with Gasteiger partial charge in [-0.15, -0.1) is 0 Å². The second-order valence-electron chi connectivity index (χ2n) is 8.17. The first-order valence-electron chi connectivity index (χ1n) is 10.7. The Hall–Kier alpha value is -2.53. The van der Waals surface area contributed by atoms with E-state index in [1.54, 1.807) is 0 Å². The second kappa shape index (κ2) is 8.87. The van der Waals surface area contributed by atoms with Crippen LogP contribution in [0.3, 0.4) is 0 Å². The molecule has 5 nitrogen and oxygen atoms in total. The van der Waals surface area contributed by atoms with E-state index >= 15 is 0 Å². The van der Waals surface area contributed by atoms with Gasteiger partial charge in [0.2, 0.25) is 0 Å². The van der Waals surface area contributed by atoms with Crippen molar-refractivity contribution in [2.45, 2.75) is 45.3 Å². The van der Waals surface area contributed by atoms with Crippen LogP contribution >= 0.6 is 0 Å². The van der Waals surface area contributed by atoms with Crippen LogP contribution in [0.25, 0.3) is 11.1 Å². The van der Waals surface area contributed by atoms with Gasteiger partial charge in [0.1, 0.15) is 12.4 Å². The number of alkyl carbamates (subject to hydrolysis) is 1. The van der Waals surface area contributed by atoms with Gasteiger partial charge in [-0.2, -0.15) is 0 Å². The van der Waals surface area contributed by atoms with Gasteiger partial charge in [0, 0.05) is 23.7 Å². The van der Waals surface area contributed by atoms with E-state index in [1.807, 2.05) is 44.2 Å². The molecule has 1 unspecified atom stereocenters. The lowest BCUT2D eigenvalue weighted by Crippen LogP contribution is -2.33. The number of hydrogen-bond donors (Lipinski definition) is 1. The van der Waals surface area contributed by atoms with Crippen molar-refractivity contribution in [1.29, 1.82) is 0 Å². The first-order chi connectivity index (χ1) is 14.1. The van der Waals surface area contributed by atoms with Gasteiger partial charge in [-0.05, 0) is 63.0 Å². The second-order valence-corrected chi connectivity index (χ2v) is 8.17. The third kappa shape index (κ3) is 4.56. The van der Waals surface area contributed by atoms with Crippen molar-refractivity contribution in [1.82, 2.24) is 10.2 Å². The highest BCUT2D eigenvalue weighted by Gasteiger charge is 2.32. The zero-order valence-electron chi connectivity index (χ0n) is 17.3. The molecule has 0 radical (unpaired) electrons. The molecule has 1 N–H and O–H groups in total. The topological polar surface area (TPSA) is 50.8 Å². The molecule has 1 aliphatic heterocycles. The molecular weight excluding hydrogens is 364 g/mol. The number of ether oxygens (including phenoxy) is 2. The largest absolute Gasteiger partial charge is 0.492 e. The normalized spacial score (nSPS) is 18.2. The molecule has 0 bridgehead atoms. The number of piperidine rings is 1. The average Bonchev–Trinajstić information content (AvgIpc) is 3.02. The van der Waals surface area contributed by atoms with E-state index in [4.69, 9.17) is 9.47 Å². The number of carbonyl (C=O) groups excluding carboxylic acids is 1. The standard InChI is InChI=1S/C24H30N2O3/c1-17(2)25-24(27)29-23-21-9-5-4-8-19(21)20-11-10-18(16-22(20)23)28-15-14-26-12-6-3-7-13-26/h4-5,8-11,16-17,23H,3,6-7,12-15H2,1-2H3,(H,25,27). The van der Waals surface area contributed by atoms with Gasteiger partial charge in [-0.3, -0.25) is 4.90 Å². The number of amides is 1. The van der Waals surface area contributed by atoms with E-state index in [-0.39, 0.29) is 6.04 Å². The summed E-state index contributed by atoms with van der Waals surface area (Å²) in [6.45, 7) is 7.81. The molecule has 2 aliphatic rings. The van der Waals surface area contributed by atoms with E-state index in [0.29, 0.717) is 6.61 Å². The lowest BCUT2D eigenvalue weighted by Gasteiger charge is -2.26. The van der Waals surface area contributed by atoms with Crippen LogP contribution in [0, 0.1) is 0 Å². The number of fused-ring (bicyclic) bond motifs is 3. The molecule has 1 atom stereocenters. The molecule has 1 fully saturated rings. The Balaban J connectivity index is 1.49. The summed E-state index contributed by atoms with van der Waals surface area (Å²) in [5, 5.41) is 2.82. The van der Waals surface area contributed by atoms with Crippen LogP contribution in [0.5, 0.6) is 5.75 Å². The number of carbonyl (C=O) groups is 1. The minimum Gasteiger partial charge on any atom is -0.492 e. The van der Waals surface area contributed by atoms with Gasteiger partial charge in [-0.1, -0.05) is 36.8 Å². The van der Waals surface area contributed by atoms with Crippen LogP contribution in [0.1, 0.15) is 50.3 Å². The van der Waals surface area contributed by atoms with Crippen molar-refractivity contribution in [3.05, 3.63) is 53.6 Å². The van der Waals surface area contributed by atoms with E-state index in [9.17, 15) is 4.79 Å². The summed E-state index contributed by atoms with van der Waals surface area (Å²) in [7, 11) is 0. The predicted octanol–water partition coefficient (Wildman–Crippen LogP) is 4.76. The quantitative estimate of drug-likeness (QED) is 0.768. The maximum absolute atomic E-state index is 12.3. The van der Waals surface area contributed by atoms with Crippen molar-refractivity contribution in [3.8, 4) is 16.9 Å². The van der Waals surface area contributed by atoms with E-state index < -0.39 is 12.2 Å². The monoisotopic (exact) mass is 394 g/mol. The Morgan fingerprint density at radius 1 is 1.07 bits per heavy atom. The minimum atomic E-state index is -0.411. The average molecular weight is 395 g/mol. The van der Waals surface area contributed by atoms with Crippen molar-refractivity contribution >= 4 is 6.09 Å². The Bertz CT molecular complexity index is 859. The van der Waals surface area contributed by atoms with Gasteiger partial charge in [0.05, 0.1) is 0 Å². The Labute approximate surface area is 173 Å². The number of nitrogens with one attached hydrogen (secondary N) is 1. The molecule has 1 saturated heterocycles. The zero-order valence-corrected chi connectivity index (χ0v) is 17.3. The molecule has 29 heavy (non-hydrogen) atoms. The Kier molecular flexibility index (Phi) is 6.05. The summed E-state index contributed by atoms with van der Waals surface area (Å²) in [4.78, 5) is 14.8. The Morgan fingerprint density at radius 3 is 2.62 bits per heavy atom. The minimum absolute atomic E-state index is 0.0306. The van der Waals surface area contributed by atoms with Crippen LogP contribution in [0.2, 0.25) is 0 Å². The summed E-state index contributed by atoms with van der Waals surface area (Å²) in [5.74, 6) is 0.825. The lowest BCUT2D eigenvalue weighted by atomic mass is 10.1. The SMILES string of the molecule is CC(C)NC(=O)OC1c2ccccc2-c2ccc(OCCN3CCCCC3)cc21. The van der Waals surface area contributed by atoms with Gasteiger partial charge in [0.25, 0.3) is 0 Å². The number of rotatable bonds is 6. The summed E-state index contributed by atoms with van der Waals surface area (Å²) in [6.07, 6.45) is 3.10. The molecule has 1 aliphatic carbocycles. The van der Waals surface area contributed by atoms with Crippen LogP contribution in [0.4, 0.5) is 4.79 Å². The summed E-state index contributed by atoms with van der Waals surface area (Å²) in [5.41, 5.74) is 4.23. The fraction of sp³-hybridized carbons (Fsp3) is 0.458. The van der Waals surface area contributed by atoms with Gasteiger partial charge < -0.3 is 14.8 Å². The fourth-order valence-electron chi connectivity index (χ4n) is 4.21. The van der Waals surface area contributed by atoms with Crippen molar-refractivity contribution in [2.24, 2.45) is 0 Å². The molecule has 0 spiro atoms. The molecule has 154 valence electrons. The lowest BCUT2D eigenvalue weighted by molar-refractivity contribution is 0.116. The highest BCUT2D eigenvalue weighted by molar-refractivity contribution is 5.80. The van der Waals surface area contributed by atoms with Crippen LogP contribution < -0.4 is 10.1 Å². The smallest absolute Gasteiger partial charge is 0.408 e. The van der Waals surface area contributed by atoms with Gasteiger partial charge in [-0.25, -0.2) is 4.79 Å². The fourth-order valence-corrected chi connectivity index (χ4v) is 4.21. The zero-order chi connectivity index (χ0) is 20.2. The number of hydrogen-bond acceptors (Lipinski definition) is 4. The van der Waals surface area contributed by atoms with Crippen LogP contribution in [0.15, 0.2) is 42.5 Å². The first-order valence-corrected chi connectivity index (χ1v) is 10.7. The molecule has 0 aromatic heterocycles. The maximum atomic E-state index is 12.3. The van der Waals surface area contributed by atoms with E-state index in [0.717, 1.165) is 34.5 Å². The maximum Gasteiger partial charge on any atom is 0.408 e. The molecule has 2 aromatic rings. The highest BCUT2D eigenvalue weighted by Crippen LogP contribution is 2.46. The summed E-state index contributed by atoms with van der Waals surface area (Å²) in [6, 6.07) is 14.3. The third-order valence-corrected chi connectivity index (χ3v) is 5.60. The van der Waals surface area contributed by atoms with Gasteiger partial charge >= 0.3 is 6.09 Å². The molecule has 0 saturated carbocycles. The molecular formula is C24H30N2O3. The van der Waals surface area contributed by atoms with Crippen LogP contribution in [-0.2, 0) is 4.74 Å². The molecule has 2 aromatic carbocycles. The van der Waals surface area contributed by atoms with Crippen molar-refractivity contribution in [2.75, 3.05) is 26.2 Å². The number of nitrogens with zero attached hydrogens (tertiary/aromatic N) is 1. The van der Waals surface area contributed by atoms with Crippen LogP contribution in [-0.4, -0.2) is 43.3 Å². The van der Waals surface area contributed by atoms with Crippen molar-refractivity contribution < 1.29 is 14.3 Å². The third-order valence-electron chi connectivity index (χ3n) is 5.60. The summed E-state index contributed by atoms with van der Waals surface area (Å²) < 4.78 is 11.9. The highest BCUT2D eigenvalue weighted by atomic mass is 16.6. The predicted molar refractivity (Wildman–Crippen MR) is 114 cm³/mol. The number of likely N-dealkylation sites (tertiary alicyclic amines) is 1. The van der Waals surface area contributed by atoms with Gasteiger partial charge in [0.15, 0.2) is 6.10 Å². The first kappa shape index (κ1) is 19.8. The van der Waals surface area contributed by atoms with Crippen molar-refractivity contribution in [3.63, 3.8) is 0 Å². The molecule has 1 heterocycles. The molecule has 1 amide bonds. The van der Waals surface area contributed by atoms with E-state index in [2.05, 4.69) is 22.3 Å². The number of benzene rings is 2. The van der Waals surface area contributed by atoms with E-state index in [1.165, 1.54) is 32.4 Å². The summed E-state index contributed by atoms with van der Waals surface area (Å²) >= 11 is 0. The molecule has 5 heteroatoms. The molecule has 4 rings (SSSR count).